The number of aliphatic imine (C=N–C) groups is 1. The molecule has 142 valence electrons. The summed E-state index contributed by atoms with van der Waals surface area (Å²) in [5.41, 5.74) is 2.28. The molecule has 1 aromatic carbocycles. The number of morpholine rings is 1. The van der Waals surface area contributed by atoms with Crippen molar-refractivity contribution in [2.75, 3.05) is 40.4 Å². The highest BCUT2D eigenvalue weighted by Crippen LogP contribution is 2.25. The molecule has 0 aromatic heterocycles. The van der Waals surface area contributed by atoms with Crippen LogP contribution in [0.3, 0.4) is 0 Å². The molecule has 2 fully saturated rings. The number of hydrogen-bond acceptors (Lipinski definition) is 3. The molecule has 0 N–H and O–H groups in total. The lowest BCUT2D eigenvalue weighted by Crippen LogP contribution is -2.62. The lowest BCUT2D eigenvalue weighted by molar-refractivity contribution is -0.554. The predicted octanol–water partition coefficient (Wildman–Crippen LogP) is 0.500. The van der Waals surface area contributed by atoms with Crippen molar-refractivity contribution in [3.63, 3.8) is 0 Å². The minimum Gasteiger partial charge on any atom is -0.375 e. The van der Waals surface area contributed by atoms with Gasteiger partial charge in [-0.15, -0.1) is 0 Å². The largest absolute Gasteiger partial charge is 0.392 e. The number of likely N-dealkylation sites (N-methyl/N-ethyl adjacent to an activating group) is 2. The minimum absolute atomic E-state index is 0.243. The second kappa shape index (κ2) is 6.77. The van der Waals surface area contributed by atoms with Gasteiger partial charge in [0.05, 0.1) is 32.8 Å². The zero-order valence-electron chi connectivity index (χ0n) is 15.9. The van der Waals surface area contributed by atoms with Crippen LogP contribution in [0.15, 0.2) is 29.3 Å². The average molecular weight is 370 g/mol. The summed E-state index contributed by atoms with van der Waals surface area (Å²) in [4.78, 5) is 34.7. The summed E-state index contributed by atoms with van der Waals surface area (Å²) < 4.78 is 7.59. The average Bonchev–Trinajstić information content (AvgIpc) is 3.06. The first-order valence-electron chi connectivity index (χ1n) is 9.13. The number of amides is 3. The van der Waals surface area contributed by atoms with E-state index in [2.05, 4.69) is 28.8 Å². The van der Waals surface area contributed by atoms with Crippen molar-refractivity contribution in [3.05, 3.63) is 35.4 Å². The van der Waals surface area contributed by atoms with Gasteiger partial charge < -0.3 is 4.74 Å². The number of nitrogens with zero attached hydrogens (tertiary/aromatic N) is 5. The topological polar surface area (TPSA) is 68.5 Å². The number of ether oxygens (including phenoxy) is 1. The van der Waals surface area contributed by atoms with Crippen molar-refractivity contribution >= 4 is 23.7 Å². The third-order valence-corrected chi connectivity index (χ3v) is 5.28. The zero-order valence-corrected chi connectivity index (χ0v) is 15.9. The van der Waals surface area contributed by atoms with Crippen LogP contribution in [0.4, 0.5) is 4.79 Å². The Morgan fingerprint density at radius 3 is 2.44 bits per heavy atom. The molecular weight excluding hydrogens is 346 g/mol. The summed E-state index contributed by atoms with van der Waals surface area (Å²) >= 11 is 0. The van der Waals surface area contributed by atoms with Crippen LogP contribution in [0.2, 0.25) is 0 Å². The molecule has 1 atom stereocenters. The molecule has 4 rings (SSSR count). The molecule has 2 saturated heterocycles. The van der Waals surface area contributed by atoms with E-state index in [-0.39, 0.29) is 11.9 Å². The molecular formula is C19H24N5O3+. The first-order valence-corrected chi connectivity index (χ1v) is 9.13. The van der Waals surface area contributed by atoms with Gasteiger partial charge in [0, 0.05) is 14.1 Å². The molecule has 27 heavy (non-hydrogen) atoms. The van der Waals surface area contributed by atoms with Crippen LogP contribution >= 0.6 is 0 Å². The minimum atomic E-state index is -0.586. The van der Waals surface area contributed by atoms with Crippen LogP contribution in [0.5, 0.6) is 0 Å². The third kappa shape index (κ3) is 2.99. The van der Waals surface area contributed by atoms with Crippen molar-refractivity contribution in [2.45, 2.75) is 19.5 Å². The van der Waals surface area contributed by atoms with Gasteiger partial charge in [-0.1, -0.05) is 34.8 Å². The lowest BCUT2D eigenvalue weighted by Gasteiger charge is -2.33. The molecule has 0 radical (unpaired) electrons. The zero-order chi connectivity index (χ0) is 19.1. The number of guanidine groups is 1. The van der Waals surface area contributed by atoms with Gasteiger partial charge in [0.25, 0.3) is 5.91 Å². The van der Waals surface area contributed by atoms with Gasteiger partial charge in [0.15, 0.2) is 0 Å². The lowest BCUT2D eigenvalue weighted by atomic mass is 10.1. The monoisotopic (exact) mass is 370 g/mol. The maximum absolute atomic E-state index is 12.9. The fourth-order valence-corrected chi connectivity index (χ4v) is 3.65. The van der Waals surface area contributed by atoms with E-state index < -0.39 is 6.04 Å². The molecule has 0 aliphatic carbocycles. The highest BCUT2D eigenvalue weighted by molar-refractivity contribution is 6.25. The highest BCUT2D eigenvalue weighted by atomic mass is 16.5. The number of fused-ring (bicyclic) bond motifs is 1. The molecule has 3 heterocycles. The van der Waals surface area contributed by atoms with Crippen LogP contribution in [0, 0.1) is 6.92 Å². The van der Waals surface area contributed by atoms with E-state index in [4.69, 9.17) is 9.73 Å². The van der Waals surface area contributed by atoms with Gasteiger partial charge in [-0.05, 0) is 12.5 Å². The number of carbonyl (C=O) groups is 2. The summed E-state index contributed by atoms with van der Waals surface area (Å²) in [6.07, 6.45) is 0. The standard InChI is InChI=1S/C19H24N5O3/c1-13-4-6-14(7-5-13)12-24-15-16(21(2)19(26)22(3)17(15)25)20-18(24)23-8-10-27-11-9-23/h4-7,15H,8-12H2,1-3H3/q+1. The summed E-state index contributed by atoms with van der Waals surface area (Å²) in [5, 5.41) is 0. The molecule has 8 heteroatoms. The van der Waals surface area contributed by atoms with Crippen molar-refractivity contribution in [3.8, 4) is 0 Å². The molecule has 3 aliphatic rings. The maximum atomic E-state index is 12.9. The summed E-state index contributed by atoms with van der Waals surface area (Å²) in [7, 11) is 3.19. The normalized spacial score (nSPS) is 23.1. The number of amidine groups is 1. The van der Waals surface area contributed by atoms with Gasteiger partial charge in [0.1, 0.15) is 0 Å². The first kappa shape index (κ1) is 17.7. The number of rotatable bonds is 2. The number of benzene rings is 1. The van der Waals surface area contributed by atoms with Crippen LogP contribution < -0.4 is 0 Å². The van der Waals surface area contributed by atoms with Crippen LogP contribution in [-0.4, -0.2) is 89.4 Å². The van der Waals surface area contributed by atoms with E-state index in [1.54, 1.807) is 7.05 Å². The Kier molecular flexibility index (Phi) is 4.43. The van der Waals surface area contributed by atoms with Crippen molar-refractivity contribution in [1.29, 1.82) is 0 Å². The van der Waals surface area contributed by atoms with Crippen molar-refractivity contribution < 1.29 is 18.9 Å². The number of urea groups is 1. The SMILES string of the molecule is Cc1ccc(CN2C(=[N+]3CCOCC3)N=C3C2C(=O)N(C)C(=O)N3C)cc1. The van der Waals surface area contributed by atoms with E-state index in [1.165, 1.54) is 22.4 Å². The summed E-state index contributed by atoms with van der Waals surface area (Å²) in [6.45, 7) is 5.27. The molecule has 1 aromatic rings. The predicted molar refractivity (Wildman–Crippen MR) is 99.7 cm³/mol. The summed E-state index contributed by atoms with van der Waals surface area (Å²) in [5.74, 6) is 0.992. The number of hydrogen-bond donors (Lipinski definition) is 0. The smallest absolute Gasteiger partial charge is 0.375 e. The van der Waals surface area contributed by atoms with E-state index in [0.29, 0.717) is 38.7 Å². The Morgan fingerprint density at radius 2 is 1.78 bits per heavy atom. The maximum Gasteiger partial charge on any atom is 0.392 e. The molecule has 0 bridgehead atoms. The molecule has 3 amide bonds. The molecule has 1 unspecified atom stereocenters. The van der Waals surface area contributed by atoms with Gasteiger partial charge >= 0.3 is 12.0 Å². The van der Waals surface area contributed by atoms with Gasteiger partial charge in [-0.3, -0.25) is 19.2 Å². The Bertz CT molecular complexity index is 837. The van der Waals surface area contributed by atoms with Crippen molar-refractivity contribution in [2.24, 2.45) is 4.99 Å². The quantitative estimate of drug-likeness (QED) is 0.711. The van der Waals surface area contributed by atoms with Gasteiger partial charge in [0.2, 0.25) is 11.9 Å². The number of carbonyl (C=O) groups excluding carboxylic acids is 2. The fraction of sp³-hybridized carbons (Fsp3) is 0.474. The Balaban J connectivity index is 1.76. The van der Waals surface area contributed by atoms with Crippen molar-refractivity contribution in [1.82, 2.24) is 14.7 Å². The summed E-state index contributed by atoms with van der Waals surface area (Å²) in [6, 6.07) is 7.31. The highest BCUT2D eigenvalue weighted by Gasteiger charge is 2.55. The van der Waals surface area contributed by atoms with Crippen LogP contribution in [0.25, 0.3) is 0 Å². The van der Waals surface area contributed by atoms with E-state index in [1.807, 2.05) is 11.8 Å². The molecule has 8 nitrogen and oxygen atoms in total. The Labute approximate surface area is 158 Å². The molecule has 3 aliphatic heterocycles. The second-order valence-corrected chi connectivity index (χ2v) is 7.12. The molecule has 0 spiro atoms. The van der Waals surface area contributed by atoms with Gasteiger partial charge in [-0.25, -0.2) is 9.69 Å². The Hall–Kier alpha value is -2.74. The molecule has 0 saturated carbocycles. The van der Waals surface area contributed by atoms with E-state index in [9.17, 15) is 9.59 Å². The van der Waals surface area contributed by atoms with Crippen LogP contribution in [-0.2, 0) is 16.1 Å². The number of aryl methyl sites for hydroxylation is 1. The Morgan fingerprint density at radius 1 is 1.11 bits per heavy atom. The van der Waals surface area contributed by atoms with Crippen LogP contribution in [0.1, 0.15) is 11.1 Å². The number of imide groups is 1. The third-order valence-electron chi connectivity index (χ3n) is 5.28. The first-order chi connectivity index (χ1) is 13.0. The second-order valence-electron chi connectivity index (χ2n) is 7.12. The fourth-order valence-electron chi connectivity index (χ4n) is 3.65. The van der Waals surface area contributed by atoms with Gasteiger partial charge in [-0.2, -0.15) is 0 Å². The van der Waals surface area contributed by atoms with E-state index in [0.717, 1.165) is 11.5 Å². The van der Waals surface area contributed by atoms with E-state index >= 15 is 0 Å².